The van der Waals surface area contributed by atoms with Gasteiger partial charge in [-0.2, -0.15) is 0 Å². The zero-order valence-electron chi connectivity index (χ0n) is 8.34. The van der Waals surface area contributed by atoms with Crippen molar-refractivity contribution < 1.29 is 22.6 Å². The Morgan fingerprint density at radius 1 is 1.44 bits per heavy atom. The summed E-state index contributed by atoms with van der Waals surface area (Å²) in [5.41, 5.74) is 11.0. The average Bonchev–Trinajstić information content (AvgIpc) is 2.16. The van der Waals surface area contributed by atoms with E-state index in [1.807, 2.05) is 0 Å². The van der Waals surface area contributed by atoms with Gasteiger partial charge in [-0.15, -0.1) is 13.2 Å². The maximum atomic E-state index is 12.0. The standard InChI is InChI=1S/C8H10F3N3O2/c1-15-7-6(16-8(9,10)11)2-4(13)5(3-12)14-7/h2H,3,12-13H2,1H3. The zero-order chi connectivity index (χ0) is 12.3. The van der Waals surface area contributed by atoms with Crippen molar-refractivity contribution in [1.82, 2.24) is 4.98 Å². The van der Waals surface area contributed by atoms with Crippen molar-refractivity contribution in [2.75, 3.05) is 12.8 Å². The van der Waals surface area contributed by atoms with E-state index in [1.165, 1.54) is 7.11 Å². The maximum Gasteiger partial charge on any atom is 0.573 e. The fraction of sp³-hybridized carbons (Fsp3) is 0.375. The number of rotatable bonds is 3. The molecule has 0 atom stereocenters. The van der Waals surface area contributed by atoms with Crippen LogP contribution in [0.25, 0.3) is 0 Å². The molecule has 1 aromatic rings. The van der Waals surface area contributed by atoms with Crippen LogP contribution in [0.15, 0.2) is 6.07 Å². The number of pyridine rings is 1. The number of hydrogen-bond acceptors (Lipinski definition) is 5. The van der Waals surface area contributed by atoms with Crippen LogP contribution >= 0.6 is 0 Å². The Kier molecular flexibility index (Phi) is 3.43. The molecule has 1 aromatic heterocycles. The Morgan fingerprint density at radius 3 is 2.50 bits per heavy atom. The Hall–Kier alpha value is -1.70. The van der Waals surface area contributed by atoms with Gasteiger partial charge in [0.1, 0.15) is 0 Å². The van der Waals surface area contributed by atoms with Gasteiger partial charge in [0.2, 0.25) is 0 Å². The van der Waals surface area contributed by atoms with Crippen LogP contribution in [-0.2, 0) is 6.54 Å². The smallest absolute Gasteiger partial charge is 0.478 e. The summed E-state index contributed by atoms with van der Waals surface area (Å²) in [6.45, 7) is -0.00547. The summed E-state index contributed by atoms with van der Waals surface area (Å²) in [4.78, 5) is 3.70. The van der Waals surface area contributed by atoms with Gasteiger partial charge in [-0.3, -0.25) is 0 Å². The molecule has 0 amide bonds. The lowest BCUT2D eigenvalue weighted by Gasteiger charge is -2.13. The van der Waals surface area contributed by atoms with Crippen LogP contribution in [-0.4, -0.2) is 18.5 Å². The Balaban J connectivity index is 3.13. The van der Waals surface area contributed by atoms with Crippen molar-refractivity contribution in [2.45, 2.75) is 12.9 Å². The van der Waals surface area contributed by atoms with Crippen LogP contribution in [0.5, 0.6) is 11.6 Å². The van der Waals surface area contributed by atoms with Crippen molar-refractivity contribution in [3.8, 4) is 11.6 Å². The first-order valence-corrected chi connectivity index (χ1v) is 4.16. The number of hydrogen-bond donors (Lipinski definition) is 2. The third kappa shape index (κ3) is 2.89. The molecule has 90 valence electrons. The Labute approximate surface area is 89.1 Å². The largest absolute Gasteiger partial charge is 0.573 e. The zero-order valence-corrected chi connectivity index (χ0v) is 8.34. The van der Waals surface area contributed by atoms with Gasteiger partial charge in [-0.1, -0.05) is 0 Å². The molecule has 0 fully saturated rings. The van der Waals surface area contributed by atoms with E-state index in [2.05, 4.69) is 14.5 Å². The minimum absolute atomic E-state index is 0.00547. The summed E-state index contributed by atoms with van der Waals surface area (Å²) in [6.07, 6.45) is -4.83. The molecular weight excluding hydrogens is 227 g/mol. The minimum Gasteiger partial charge on any atom is -0.478 e. The molecule has 0 saturated heterocycles. The van der Waals surface area contributed by atoms with E-state index >= 15 is 0 Å². The third-order valence-electron chi connectivity index (χ3n) is 1.68. The van der Waals surface area contributed by atoms with E-state index in [1.54, 1.807) is 0 Å². The predicted molar refractivity (Wildman–Crippen MR) is 49.8 cm³/mol. The first kappa shape index (κ1) is 12.4. The molecule has 5 nitrogen and oxygen atoms in total. The van der Waals surface area contributed by atoms with E-state index < -0.39 is 12.1 Å². The highest BCUT2D eigenvalue weighted by atomic mass is 19.4. The molecule has 16 heavy (non-hydrogen) atoms. The monoisotopic (exact) mass is 237 g/mol. The molecule has 0 saturated carbocycles. The van der Waals surface area contributed by atoms with Crippen molar-refractivity contribution >= 4 is 5.69 Å². The Morgan fingerprint density at radius 2 is 2.06 bits per heavy atom. The summed E-state index contributed by atoms with van der Waals surface area (Å²) in [7, 11) is 1.17. The van der Waals surface area contributed by atoms with Crippen molar-refractivity contribution in [3.63, 3.8) is 0 Å². The van der Waals surface area contributed by atoms with Crippen LogP contribution in [0.2, 0.25) is 0 Å². The van der Waals surface area contributed by atoms with Crippen molar-refractivity contribution in [3.05, 3.63) is 11.8 Å². The fourth-order valence-electron chi connectivity index (χ4n) is 1.04. The van der Waals surface area contributed by atoms with Crippen LogP contribution in [0.4, 0.5) is 18.9 Å². The minimum atomic E-state index is -4.83. The average molecular weight is 237 g/mol. The second kappa shape index (κ2) is 4.44. The van der Waals surface area contributed by atoms with Crippen molar-refractivity contribution in [1.29, 1.82) is 0 Å². The van der Waals surface area contributed by atoms with Gasteiger partial charge in [0.15, 0.2) is 5.75 Å². The highest BCUT2D eigenvalue weighted by molar-refractivity contribution is 5.52. The first-order valence-electron chi connectivity index (χ1n) is 4.16. The molecule has 0 bridgehead atoms. The molecule has 1 rings (SSSR count). The first-order chi connectivity index (χ1) is 7.37. The quantitative estimate of drug-likeness (QED) is 0.820. The number of anilines is 1. The number of nitrogens with zero attached hydrogens (tertiary/aromatic N) is 1. The summed E-state index contributed by atoms with van der Waals surface area (Å²) in [5.74, 6) is -0.906. The molecule has 0 radical (unpaired) electrons. The molecule has 0 spiro atoms. The number of nitrogen functional groups attached to an aromatic ring is 1. The van der Waals surface area contributed by atoms with Gasteiger partial charge in [0.25, 0.3) is 5.88 Å². The number of alkyl halides is 3. The highest BCUT2D eigenvalue weighted by Gasteiger charge is 2.33. The number of aromatic nitrogens is 1. The third-order valence-corrected chi connectivity index (χ3v) is 1.68. The van der Waals surface area contributed by atoms with Crippen LogP contribution in [0.1, 0.15) is 5.69 Å². The summed E-state index contributed by atoms with van der Waals surface area (Å²) in [6, 6.07) is 0.974. The second-order valence-electron chi connectivity index (χ2n) is 2.78. The lowest BCUT2D eigenvalue weighted by molar-refractivity contribution is -0.275. The topological polar surface area (TPSA) is 83.4 Å². The van der Waals surface area contributed by atoms with E-state index in [0.717, 1.165) is 6.07 Å². The fourth-order valence-corrected chi connectivity index (χ4v) is 1.04. The molecular formula is C8H10F3N3O2. The normalized spacial score (nSPS) is 11.3. The molecule has 0 unspecified atom stereocenters. The van der Waals surface area contributed by atoms with Crippen molar-refractivity contribution in [2.24, 2.45) is 5.73 Å². The number of halogens is 3. The molecule has 4 N–H and O–H groups in total. The van der Waals surface area contributed by atoms with E-state index in [0.29, 0.717) is 0 Å². The number of ether oxygens (including phenoxy) is 2. The molecule has 0 aromatic carbocycles. The summed E-state index contributed by atoms with van der Waals surface area (Å²) in [5, 5.41) is 0. The SMILES string of the molecule is COc1nc(CN)c(N)cc1OC(F)(F)F. The molecule has 0 aliphatic carbocycles. The number of methoxy groups -OCH3 is 1. The maximum absolute atomic E-state index is 12.0. The lowest BCUT2D eigenvalue weighted by Crippen LogP contribution is -2.18. The second-order valence-corrected chi connectivity index (χ2v) is 2.78. The van der Waals surface area contributed by atoms with E-state index in [-0.39, 0.29) is 23.8 Å². The van der Waals surface area contributed by atoms with E-state index in [4.69, 9.17) is 11.5 Å². The van der Waals surface area contributed by atoms with Crippen LogP contribution in [0, 0.1) is 0 Å². The Bertz CT molecular complexity index is 382. The highest BCUT2D eigenvalue weighted by Crippen LogP contribution is 2.33. The molecule has 0 aliphatic heterocycles. The predicted octanol–water partition coefficient (Wildman–Crippen LogP) is 1.03. The lowest BCUT2D eigenvalue weighted by atomic mass is 10.3. The van der Waals surface area contributed by atoms with Gasteiger partial charge in [0, 0.05) is 12.6 Å². The van der Waals surface area contributed by atoms with Gasteiger partial charge < -0.3 is 20.9 Å². The molecule has 8 heteroatoms. The van der Waals surface area contributed by atoms with Crippen LogP contribution in [0.3, 0.4) is 0 Å². The van der Waals surface area contributed by atoms with Gasteiger partial charge in [0.05, 0.1) is 18.5 Å². The van der Waals surface area contributed by atoms with E-state index in [9.17, 15) is 13.2 Å². The van der Waals surface area contributed by atoms with Gasteiger partial charge in [-0.05, 0) is 0 Å². The summed E-state index contributed by atoms with van der Waals surface area (Å²) < 4.78 is 44.3. The van der Waals surface area contributed by atoms with Gasteiger partial charge >= 0.3 is 6.36 Å². The number of nitrogens with two attached hydrogens (primary N) is 2. The van der Waals surface area contributed by atoms with Gasteiger partial charge in [-0.25, -0.2) is 4.98 Å². The molecule has 1 heterocycles. The summed E-state index contributed by atoms with van der Waals surface area (Å²) >= 11 is 0. The molecule has 0 aliphatic rings. The van der Waals surface area contributed by atoms with Crippen LogP contribution < -0.4 is 20.9 Å².